The van der Waals surface area contributed by atoms with Crippen molar-refractivity contribution < 1.29 is 61.1 Å². The number of aliphatic hydroxyl groups excluding tert-OH is 1. The third-order valence-corrected chi connectivity index (χ3v) is 8.40. The lowest BCUT2D eigenvalue weighted by Gasteiger charge is -2.31. The zero-order valence-corrected chi connectivity index (χ0v) is 28.4. The first-order chi connectivity index (χ1) is 24.0. The van der Waals surface area contributed by atoms with Gasteiger partial charge in [0.05, 0.1) is 18.2 Å². The molecule has 1 heterocycles. The van der Waals surface area contributed by atoms with Crippen molar-refractivity contribution in [3.05, 3.63) is 88.5 Å². The largest absolute Gasteiger partial charge is 0.460 e. The summed E-state index contributed by atoms with van der Waals surface area (Å²) in [7, 11) is 0. The molecule has 2 N–H and O–H groups in total. The zero-order chi connectivity index (χ0) is 37.0. The summed E-state index contributed by atoms with van der Waals surface area (Å²) in [6, 6.07) is 13.0. The van der Waals surface area contributed by atoms with Gasteiger partial charge in [-0.15, -0.1) is 0 Å². The van der Waals surface area contributed by atoms with Gasteiger partial charge in [0.15, 0.2) is 12.4 Å². The van der Waals surface area contributed by atoms with Gasteiger partial charge >= 0.3 is 24.1 Å². The Labute approximate surface area is 292 Å². The molecule has 1 saturated heterocycles. The number of halogens is 3. The van der Waals surface area contributed by atoms with E-state index in [0.29, 0.717) is 12.8 Å². The summed E-state index contributed by atoms with van der Waals surface area (Å²) in [6.07, 6.45) is -2.93. The van der Waals surface area contributed by atoms with Gasteiger partial charge in [0, 0.05) is 37.3 Å². The van der Waals surface area contributed by atoms with Crippen LogP contribution < -0.4 is 5.32 Å². The number of carbonyl (C=O) groups excluding carboxylic acids is 4. The number of esters is 3. The zero-order valence-electron chi connectivity index (χ0n) is 28.4. The molecule has 4 unspecified atom stereocenters. The molecule has 4 atom stereocenters. The Kier molecular flexibility index (Phi) is 11.4. The van der Waals surface area contributed by atoms with Gasteiger partial charge in [-0.2, -0.15) is 13.2 Å². The molecule has 0 aromatic heterocycles. The van der Waals surface area contributed by atoms with E-state index in [1.165, 1.54) is 12.1 Å². The van der Waals surface area contributed by atoms with Crippen molar-refractivity contribution in [1.82, 2.24) is 5.32 Å². The van der Waals surface area contributed by atoms with Crippen molar-refractivity contribution in [2.24, 2.45) is 0 Å². The van der Waals surface area contributed by atoms with E-state index in [1.807, 2.05) is 24.3 Å². The Morgan fingerprint density at radius 1 is 1.02 bits per heavy atom. The number of carbonyl (C=O) groups is 4. The van der Waals surface area contributed by atoms with E-state index < -0.39 is 78.9 Å². The predicted molar refractivity (Wildman–Crippen MR) is 175 cm³/mol. The van der Waals surface area contributed by atoms with Crippen LogP contribution in [0, 0.1) is 0 Å². The standard InChI is InChI=1S/C37H40F3NO10/c1-35(2,3)50-31(44)15-13-26(20-42)41-33(45)25-16-28(32-29(17-25)49-36(51-32)18-23-9-4-5-10-24(23)19-36)48-34(46)27-11-7-6-8-22(27)12-14-30(43)47-21-37(38,39)40/h4-12,14,17,26,28-29,32,42H,13,15-16,18-21H2,1-3H3,(H,41,45). The minimum absolute atomic E-state index is 0.00105. The first-order valence-corrected chi connectivity index (χ1v) is 16.5. The summed E-state index contributed by atoms with van der Waals surface area (Å²) < 4.78 is 65.9. The predicted octanol–water partition coefficient (Wildman–Crippen LogP) is 4.54. The lowest BCUT2D eigenvalue weighted by atomic mass is 9.91. The first-order valence-electron chi connectivity index (χ1n) is 16.5. The number of fused-ring (bicyclic) bond motifs is 2. The molecule has 0 bridgehead atoms. The van der Waals surface area contributed by atoms with Gasteiger partial charge in [-0.25, -0.2) is 9.59 Å². The topological polar surface area (TPSA) is 147 Å². The molecule has 2 aliphatic carbocycles. The number of nitrogens with one attached hydrogen (secondary N) is 1. The average Bonchev–Trinajstić information content (AvgIpc) is 3.61. The van der Waals surface area contributed by atoms with Gasteiger partial charge in [0.25, 0.3) is 0 Å². The Morgan fingerprint density at radius 2 is 1.69 bits per heavy atom. The van der Waals surface area contributed by atoms with E-state index in [4.69, 9.17) is 18.9 Å². The fraction of sp³-hybridized carbons (Fsp3) is 0.459. The van der Waals surface area contributed by atoms with Crippen LogP contribution in [0.4, 0.5) is 13.2 Å². The summed E-state index contributed by atoms with van der Waals surface area (Å²) >= 11 is 0. The summed E-state index contributed by atoms with van der Waals surface area (Å²) in [5, 5.41) is 12.7. The van der Waals surface area contributed by atoms with Crippen LogP contribution in [0.5, 0.6) is 0 Å². The number of aliphatic hydroxyl groups is 1. The molecule has 1 aliphatic heterocycles. The van der Waals surface area contributed by atoms with Gasteiger partial charge in [-0.05, 0) is 62.1 Å². The second-order valence-electron chi connectivity index (χ2n) is 13.7. The van der Waals surface area contributed by atoms with Crippen LogP contribution in [0.1, 0.15) is 67.1 Å². The molecule has 14 heteroatoms. The van der Waals surface area contributed by atoms with Crippen LogP contribution >= 0.6 is 0 Å². The van der Waals surface area contributed by atoms with Crippen LogP contribution in [0.3, 0.4) is 0 Å². The molecule has 0 saturated carbocycles. The van der Waals surface area contributed by atoms with E-state index in [9.17, 15) is 37.5 Å². The van der Waals surface area contributed by atoms with E-state index in [-0.39, 0.29) is 36.0 Å². The Hall–Kier alpha value is -4.53. The van der Waals surface area contributed by atoms with E-state index >= 15 is 0 Å². The van der Waals surface area contributed by atoms with Gasteiger partial charge in [0.2, 0.25) is 5.91 Å². The van der Waals surface area contributed by atoms with Crippen LogP contribution in [0.25, 0.3) is 6.08 Å². The molecule has 11 nitrogen and oxygen atoms in total. The molecule has 3 aliphatic rings. The first kappa shape index (κ1) is 37.7. The maximum Gasteiger partial charge on any atom is 0.422 e. The monoisotopic (exact) mass is 715 g/mol. The van der Waals surface area contributed by atoms with Gasteiger partial charge in [-0.3, -0.25) is 9.59 Å². The lowest BCUT2D eigenvalue weighted by Crippen LogP contribution is -2.45. The number of benzene rings is 2. The SMILES string of the molecule is CC(C)(C)OC(=O)CCC(CO)NC(=O)C1=CC2OC3(Cc4ccccc4C3)OC2C(OC(=O)c2ccccc2C=CC(=O)OCC(F)(F)F)C1. The van der Waals surface area contributed by atoms with E-state index in [1.54, 1.807) is 39.0 Å². The average molecular weight is 716 g/mol. The molecule has 5 rings (SSSR count). The van der Waals surface area contributed by atoms with Crippen LogP contribution in [-0.2, 0) is 50.9 Å². The van der Waals surface area contributed by atoms with Gasteiger partial charge in [-0.1, -0.05) is 42.5 Å². The molecule has 274 valence electrons. The molecular formula is C37H40F3NO10. The van der Waals surface area contributed by atoms with Crippen molar-refractivity contribution in [2.45, 2.75) is 94.8 Å². The van der Waals surface area contributed by atoms with E-state index in [2.05, 4.69) is 10.1 Å². The molecule has 2 aromatic carbocycles. The highest BCUT2D eigenvalue weighted by Crippen LogP contribution is 2.45. The van der Waals surface area contributed by atoms with Crippen molar-refractivity contribution in [3.63, 3.8) is 0 Å². The minimum atomic E-state index is -4.70. The molecule has 51 heavy (non-hydrogen) atoms. The molecule has 2 aromatic rings. The molecule has 0 radical (unpaired) electrons. The summed E-state index contributed by atoms with van der Waals surface area (Å²) in [6.45, 7) is 3.00. The van der Waals surface area contributed by atoms with Crippen LogP contribution in [0.2, 0.25) is 0 Å². The Balaban J connectivity index is 1.33. The molecule has 1 fully saturated rings. The molecule has 1 amide bonds. The van der Waals surface area contributed by atoms with Gasteiger partial charge < -0.3 is 34.1 Å². The number of ether oxygens (including phenoxy) is 5. The number of hydrogen-bond donors (Lipinski definition) is 2. The maximum absolute atomic E-state index is 13.6. The number of rotatable bonds is 11. The normalized spacial score (nSPS) is 21.4. The lowest BCUT2D eigenvalue weighted by molar-refractivity contribution is -0.182. The third kappa shape index (κ3) is 10.0. The Bertz CT molecular complexity index is 1670. The van der Waals surface area contributed by atoms with Crippen LogP contribution in [-0.4, -0.2) is 84.1 Å². The summed E-state index contributed by atoms with van der Waals surface area (Å²) in [5.74, 6) is -4.19. The fourth-order valence-electron chi connectivity index (χ4n) is 6.22. The fourth-order valence-corrected chi connectivity index (χ4v) is 6.22. The number of hydrogen-bond acceptors (Lipinski definition) is 10. The highest BCUT2D eigenvalue weighted by Gasteiger charge is 2.55. The van der Waals surface area contributed by atoms with Crippen LogP contribution in [0.15, 0.2) is 66.3 Å². The molecule has 1 spiro atoms. The smallest absolute Gasteiger partial charge is 0.422 e. The van der Waals surface area contributed by atoms with Gasteiger partial charge in [0.1, 0.15) is 23.9 Å². The third-order valence-electron chi connectivity index (χ3n) is 8.40. The molecular weight excluding hydrogens is 675 g/mol. The number of alkyl halides is 3. The van der Waals surface area contributed by atoms with Crippen molar-refractivity contribution in [1.29, 1.82) is 0 Å². The Morgan fingerprint density at radius 3 is 2.33 bits per heavy atom. The summed E-state index contributed by atoms with van der Waals surface area (Å²) in [5.41, 5.74) is 1.77. The second kappa shape index (κ2) is 15.4. The van der Waals surface area contributed by atoms with Crippen molar-refractivity contribution >= 4 is 29.9 Å². The number of amides is 1. The minimum Gasteiger partial charge on any atom is -0.460 e. The maximum atomic E-state index is 13.6. The second-order valence-corrected chi connectivity index (χ2v) is 13.7. The van der Waals surface area contributed by atoms with Crippen molar-refractivity contribution in [3.8, 4) is 0 Å². The van der Waals surface area contributed by atoms with E-state index in [0.717, 1.165) is 23.3 Å². The van der Waals surface area contributed by atoms with Crippen molar-refractivity contribution in [2.75, 3.05) is 13.2 Å². The summed E-state index contributed by atoms with van der Waals surface area (Å²) in [4.78, 5) is 51.4. The highest BCUT2D eigenvalue weighted by molar-refractivity contribution is 5.96. The highest BCUT2D eigenvalue weighted by atomic mass is 19.4. The quantitative estimate of drug-likeness (QED) is 0.193.